The van der Waals surface area contributed by atoms with Crippen LogP contribution in [0.3, 0.4) is 0 Å². The number of aromatic nitrogens is 2. The van der Waals surface area contributed by atoms with Crippen molar-refractivity contribution in [3.05, 3.63) is 41.3 Å². The Hall–Kier alpha value is -1.84. The standard InChI is InChI=1S/C18H24FN3O4S/c1-13-5-6-15(19)11-16(13)27(23,24)22-9-4-7-18(12-22,8-10-25-3)17-20-14(2)26-21-17/h5-6,11H,4,7-10,12H2,1-3H3. The Morgan fingerprint density at radius 1 is 1.37 bits per heavy atom. The van der Waals surface area contributed by atoms with Gasteiger partial charge >= 0.3 is 0 Å². The van der Waals surface area contributed by atoms with E-state index in [0.717, 1.165) is 12.5 Å². The third kappa shape index (κ3) is 3.90. The second-order valence-electron chi connectivity index (χ2n) is 7.01. The molecule has 0 N–H and O–H groups in total. The van der Waals surface area contributed by atoms with Crippen LogP contribution >= 0.6 is 0 Å². The predicted molar refractivity (Wildman–Crippen MR) is 96.3 cm³/mol. The molecule has 1 aliphatic heterocycles. The summed E-state index contributed by atoms with van der Waals surface area (Å²) in [5.74, 6) is 0.353. The van der Waals surface area contributed by atoms with Crippen molar-refractivity contribution in [3.8, 4) is 0 Å². The first kappa shape index (κ1) is 19.9. The van der Waals surface area contributed by atoms with Gasteiger partial charge in [-0.25, -0.2) is 12.8 Å². The van der Waals surface area contributed by atoms with Gasteiger partial charge < -0.3 is 9.26 Å². The van der Waals surface area contributed by atoms with E-state index >= 15 is 0 Å². The number of hydrogen-bond acceptors (Lipinski definition) is 6. The molecule has 7 nitrogen and oxygen atoms in total. The van der Waals surface area contributed by atoms with Crippen LogP contribution in [0.5, 0.6) is 0 Å². The lowest BCUT2D eigenvalue weighted by atomic mass is 9.77. The number of ether oxygens (including phenoxy) is 1. The molecule has 1 fully saturated rings. The van der Waals surface area contributed by atoms with Crippen molar-refractivity contribution < 1.29 is 22.1 Å². The Kier molecular flexibility index (Phi) is 5.64. The van der Waals surface area contributed by atoms with Crippen molar-refractivity contribution in [1.82, 2.24) is 14.4 Å². The lowest BCUT2D eigenvalue weighted by Gasteiger charge is -2.40. The van der Waals surface area contributed by atoms with Crippen LogP contribution in [0.25, 0.3) is 0 Å². The molecular formula is C18H24FN3O4S. The summed E-state index contributed by atoms with van der Waals surface area (Å²) in [6.07, 6.45) is 1.94. The molecule has 1 atom stereocenters. The van der Waals surface area contributed by atoms with Crippen molar-refractivity contribution >= 4 is 10.0 Å². The second-order valence-corrected chi connectivity index (χ2v) is 8.92. The van der Waals surface area contributed by atoms with E-state index < -0.39 is 21.3 Å². The number of piperidine rings is 1. The molecule has 1 aromatic carbocycles. The highest BCUT2D eigenvalue weighted by atomic mass is 32.2. The summed E-state index contributed by atoms with van der Waals surface area (Å²) in [5, 5.41) is 4.06. The van der Waals surface area contributed by atoms with Gasteiger partial charge in [0.2, 0.25) is 15.9 Å². The number of rotatable bonds is 6. The topological polar surface area (TPSA) is 85.5 Å². The Labute approximate surface area is 158 Å². The van der Waals surface area contributed by atoms with Crippen LogP contribution in [0.15, 0.2) is 27.6 Å². The molecule has 1 aliphatic rings. The Bertz CT molecular complexity index is 915. The maximum Gasteiger partial charge on any atom is 0.243 e. The molecule has 0 saturated carbocycles. The summed E-state index contributed by atoms with van der Waals surface area (Å²) in [4.78, 5) is 4.36. The number of benzene rings is 1. The minimum absolute atomic E-state index is 0.00525. The summed E-state index contributed by atoms with van der Waals surface area (Å²) in [6.45, 7) is 4.38. The molecule has 0 spiro atoms. The highest BCUT2D eigenvalue weighted by Crippen LogP contribution is 2.38. The number of sulfonamides is 1. The van der Waals surface area contributed by atoms with Gasteiger partial charge in [0.05, 0.1) is 4.90 Å². The molecule has 2 aromatic rings. The van der Waals surface area contributed by atoms with Crippen molar-refractivity contribution in [2.24, 2.45) is 0 Å². The molecule has 1 saturated heterocycles. The summed E-state index contributed by atoms with van der Waals surface area (Å²) in [6, 6.07) is 3.82. The summed E-state index contributed by atoms with van der Waals surface area (Å²) < 4.78 is 51.9. The van der Waals surface area contributed by atoms with E-state index in [0.29, 0.717) is 43.3 Å². The zero-order chi connectivity index (χ0) is 19.7. The van der Waals surface area contributed by atoms with E-state index in [1.165, 1.54) is 16.4 Å². The Morgan fingerprint density at radius 3 is 2.81 bits per heavy atom. The minimum Gasteiger partial charge on any atom is -0.385 e. The van der Waals surface area contributed by atoms with Crippen LogP contribution < -0.4 is 0 Å². The van der Waals surface area contributed by atoms with Gasteiger partial charge in [0.15, 0.2) is 5.82 Å². The number of aryl methyl sites for hydroxylation is 2. The van der Waals surface area contributed by atoms with E-state index in [2.05, 4.69) is 10.1 Å². The van der Waals surface area contributed by atoms with E-state index in [1.54, 1.807) is 21.0 Å². The number of methoxy groups -OCH3 is 1. The van der Waals surface area contributed by atoms with E-state index in [4.69, 9.17) is 9.26 Å². The maximum absolute atomic E-state index is 13.7. The smallest absolute Gasteiger partial charge is 0.243 e. The summed E-state index contributed by atoms with van der Waals surface area (Å²) in [5.41, 5.74) is -0.0831. The van der Waals surface area contributed by atoms with Crippen molar-refractivity contribution in [3.63, 3.8) is 0 Å². The highest BCUT2D eigenvalue weighted by Gasteiger charge is 2.44. The molecule has 9 heteroatoms. The molecule has 0 radical (unpaired) electrons. The van der Waals surface area contributed by atoms with Crippen molar-refractivity contribution in [2.45, 2.75) is 43.4 Å². The van der Waals surface area contributed by atoms with Crippen LogP contribution in [0.2, 0.25) is 0 Å². The molecule has 3 rings (SSSR count). The molecule has 27 heavy (non-hydrogen) atoms. The van der Waals surface area contributed by atoms with Gasteiger partial charge in [0, 0.05) is 39.1 Å². The van der Waals surface area contributed by atoms with Crippen LogP contribution in [0, 0.1) is 19.7 Å². The first-order chi connectivity index (χ1) is 12.8. The van der Waals surface area contributed by atoms with Crippen LogP contribution in [0.4, 0.5) is 4.39 Å². The zero-order valence-corrected chi connectivity index (χ0v) is 16.6. The van der Waals surface area contributed by atoms with Gasteiger partial charge in [0.1, 0.15) is 5.82 Å². The van der Waals surface area contributed by atoms with Gasteiger partial charge in [-0.2, -0.15) is 9.29 Å². The van der Waals surface area contributed by atoms with Crippen molar-refractivity contribution in [2.75, 3.05) is 26.8 Å². The van der Waals surface area contributed by atoms with E-state index in [9.17, 15) is 12.8 Å². The fourth-order valence-electron chi connectivity index (χ4n) is 3.60. The molecule has 0 bridgehead atoms. The molecule has 1 aromatic heterocycles. The predicted octanol–water partition coefficient (Wildman–Crippen LogP) is 2.58. The number of hydrogen-bond donors (Lipinski definition) is 0. The molecule has 2 heterocycles. The first-order valence-electron chi connectivity index (χ1n) is 8.84. The van der Waals surface area contributed by atoms with E-state index in [-0.39, 0.29) is 11.4 Å². The Balaban J connectivity index is 1.98. The summed E-state index contributed by atoms with van der Waals surface area (Å²) in [7, 11) is -2.25. The van der Waals surface area contributed by atoms with Gasteiger partial charge in [-0.1, -0.05) is 11.2 Å². The Morgan fingerprint density at radius 2 is 2.15 bits per heavy atom. The molecular weight excluding hydrogens is 373 g/mol. The maximum atomic E-state index is 13.7. The highest BCUT2D eigenvalue weighted by molar-refractivity contribution is 7.89. The number of nitrogens with zero attached hydrogens (tertiary/aromatic N) is 3. The van der Waals surface area contributed by atoms with Crippen LogP contribution in [0.1, 0.15) is 36.5 Å². The third-order valence-electron chi connectivity index (χ3n) is 5.10. The minimum atomic E-state index is -3.85. The monoisotopic (exact) mass is 397 g/mol. The van der Waals surface area contributed by atoms with Gasteiger partial charge in [0.25, 0.3) is 0 Å². The first-order valence-corrected chi connectivity index (χ1v) is 10.3. The molecule has 1 unspecified atom stereocenters. The molecule has 0 amide bonds. The van der Waals surface area contributed by atoms with Crippen molar-refractivity contribution in [1.29, 1.82) is 0 Å². The van der Waals surface area contributed by atoms with Gasteiger partial charge in [-0.05, 0) is 43.9 Å². The van der Waals surface area contributed by atoms with Crippen LogP contribution in [-0.2, 0) is 20.2 Å². The summed E-state index contributed by atoms with van der Waals surface area (Å²) >= 11 is 0. The van der Waals surface area contributed by atoms with Gasteiger partial charge in [-0.15, -0.1) is 0 Å². The van der Waals surface area contributed by atoms with Gasteiger partial charge in [-0.3, -0.25) is 0 Å². The molecule has 0 aliphatic carbocycles. The lowest BCUT2D eigenvalue weighted by Crippen LogP contribution is -2.49. The molecule has 148 valence electrons. The average Bonchev–Trinajstić information content (AvgIpc) is 3.09. The van der Waals surface area contributed by atoms with E-state index in [1.807, 2.05) is 0 Å². The quantitative estimate of drug-likeness (QED) is 0.745. The largest absolute Gasteiger partial charge is 0.385 e. The third-order valence-corrected chi connectivity index (χ3v) is 7.08. The fraction of sp³-hybridized carbons (Fsp3) is 0.556. The fourth-order valence-corrected chi connectivity index (χ4v) is 5.40. The SMILES string of the molecule is COCCC1(c2noc(C)n2)CCCN(S(=O)(=O)c2cc(F)ccc2C)C1. The lowest BCUT2D eigenvalue weighted by molar-refractivity contribution is 0.128. The normalized spacial score (nSPS) is 21.5. The number of halogens is 1. The zero-order valence-electron chi connectivity index (χ0n) is 15.7. The average molecular weight is 397 g/mol. The van der Waals surface area contributed by atoms with Crippen LogP contribution in [-0.4, -0.2) is 49.7 Å². The second kappa shape index (κ2) is 7.65.